The first-order valence-corrected chi connectivity index (χ1v) is 5.26. The minimum absolute atomic E-state index is 0.440. The fourth-order valence-corrected chi connectivity index (χ4v) is 0.744. The molecule has 12 heavy (non-hydrogen) atoms. The van der Waals surface area contributed by atoms with Crippen molar-refractivity contribution < 1.29 is 13.6 Å². The molecule has 0 bridgehead atoms. The van der Waals surface area contributed by atoms with E-state index in [1.54, 1.807) is 13.8 Å². The average molecular weight is 217 g/mol. The van der Waals surface area contributed by atoms with Crippen LogP contribution in [-0.2, 0) is 13.6 Å². The fourth-order valence-electron chi connectivity index (χ4n) is 0.248. The summed E-state index contributed by atoms with van der Waals surface area (Å²) in [5.74, 6) is 0. The highest BCUT2D eigenvalue weighted by Crippen LogP contribution is 2.21. The second kappa shape index (κ2) is 13.8. The molecule has 0 atom stereocenters. The molecular weight excluding hydrogens is 200 g/mol. The van der Waals surface area contributed by atoms with Gasteiger partial charge in [0.15, 0.2) is 0 Å². The lowest BCUT2D eigenvalue weighted by Crippen LogP contribution is -1.91. The van der Waals surface area contributed by atoms with Crippen molar-refractivity contribution >= 4 is 20.0 Å². The first-order valence-electron chi connectivity index (χ1n) is 3.79. The van der Waals surface area contributed by atoms with Gasteiger partial charge in [0.1, 0.15) is 13.2 Å². The zero-order valence-corrected chi connectivity index (χ0v) is 9.32. The van der Waals surface area contributed by atoms with E-state index in [2.05, 4.69) is 13.9 Å². The van der Waals surface area contributed by atoms with Crippen molar-refractivity contribution in [2.75, 3.05) is 19.8 Å². The smallest absolute Gasteiger partial charge is 0.234 e. The zero-order valence-electron chi connectivity index (χ0n) is 7.67. The van der Waals surface area contributed by atoms with E-state index in [0.29, 0.717) is 13.2 Å². The Bertz CT molecular complexity index is 94.8. The van der Waals surface area contributed by atoms with Crippen LogP contribution >= 0.6 is 20.0 Å². The first kappa shape index (κ1) is 14.8. The third-order valence-electron chi connectivity index (χ3n) is 0.603. The lowest BCUT2D eigenvalue weighted by molar-refractivity contribution is 0.243. The third-order valence-corrected chi connectivity index (χ3v) is 1.81. The molecule has 0 saturated heterocycles. The van der Waals surface area contributed by atoms with E-state index in [0.717, 1.165) is 6.54 Å². The van der Waals surface area contributed by atoms with Crippen LogP contribution < -0.4 is 4.84 Å². The monoisotopic (exact) mass is 216 g/mol. The molecule has 6 heteroatoms. The van der Waals surface area contributed by atoms with Crippen molar-refractivity contribution in [2.45, 2.75) is 20.8 Å². The molecule has 0 aromatic carbocycles. The van der Waals surface area contributed by atoms with Gasteiger partial charge in [-0.05, 0) is 25.6 Å². The van der Waals surface area contributed by atoms with E-state index in [-0.39, 0.29) is 0 Å². The van der Waals surface area contributed by atoms with E-state index in [9.17, 15) is 4.57 Å². The lowest BCUT2D eigenvalue weighted by atomic mass is 10.8. The molecule has 0 fully saturated rings. The van der Waals surface area contributed by atoms with Crippen molar-refractivity contribution in [3.05, 3.63) is 0 Å². The summed E-state index contributed by atoms with van der Waals surface area (Å²) in [6, 6.07) is 0. The van der Waals surface area contributed by atoms with Crippen LogP contribution in [0.25, 0.3) is 0 Å². The fraction of sp³-hybridized carbons (Fsp3) is 1.00. The number of hydrogen-bond donors (Lipinski definition) is 1. The van der Waals surface area contributed by atoms with E-state index < -0.39 is 8.25 Å². The standard InChI is InChI=1S/C4H10O3P.C2H6ClN/c1-3-6-8(5)7-4-2;1-2-4-3/h3-4H2,1-2H3;4H,2H2,1H3/q+1;. The molecule has 74 valence electrons. The zero-order chi connectivity index (χ0) is 9.82. The van der Waals surface area contributed by atoms with Crippen molar-refractivity contribution in [2.24, 2.45) is 0 Å². The molecule has 0 radical (unpaired) electrons. The number of nitrogens with one attached hydrogen (secondary N) is 1. The van der Waals surface area contributed by atoms with Crippen LogP contribution in [0, 0.1) is 0 Å². The van der Waals surface area contributed by atoms with Gasteiger partial charge in [0.05, 0.1) is 0 Å². The Morgan fingerprint density at radius 2 is 1.58 bits per heavy atom. The lowest BCUT2D eigenvalue weighted by Gasteiger charge is -1.78. The molecule has 0 unspecified atom stereocenters. The van der Waals surface area contributed by atoms with Gasteiger partial charge in [-0.2, -0.15) is 0 Å². The van der Waals surface area contributed by atoms with Gasteiger partial charge < -0.3 is 0 Å². The number of halogens is 1. The van der Waals surface area contributed by atoms with Crippen LogP contribution in [0.4, 0.5) is 0 Å². The Labute approximate surface area is 79.6 Å². The first-order chi connectivity index (χ1) is 5.72. The molecule has 1 N–H and O–H groups in total. The predicted molar refractivity (Wildman–Crippen MR) is 50.4 cm³/mol. The summed E-state index contributed by atoms with van der Waals surface area (Å²) in [6.07, 6.45) is 0. The summed E-state index contributed by atoms with van der Waals surface area (Å²) in [5, 5.41) is 0. The van der Waals surface area contributed by atoms with Crippen LogP contribution in [0.5, 0.6) is 0 Å². The second-order valence-corrected chi connectivity index (χ2v) is 2.78. The highest BCUT2D eigenvalue weighted by atomic mass is 35.5. The molecule has 0 spiro atoms. The predicted octanol–water partition coefficient (Wildman–Crippen LogP) is 2.47. The minimum atomic E-state index is -1.83. The Balaban J connectivity index is 0. The molecule has 0 aliphatic rings. The summed E-state index contributed by atoms with van der Waals surface area (Å²) in [4.78, 5) is 2.40. The molecule has 0 heterocycles. The SMILES string of the molecule is CCNCl.CCO[P+](=O)OCC. The van der Waals surface area contributed by atoms with Gasteiger partial charge in [0, 0.05) is 11.1 Å². The molecule has 4 nitrogen and oxygen atoms in total. The van der Waals surface area contributed by atoms with Crippen LogP contribution in [-0.4, -0.2) is 19.8 Å². The van der Waals surface area contributed by atoms with Gasteiger partial charge in [0.25, 0.3) is 0 Å². The van der Waals surface area contributed by atoms with E-state index >= 15 is 0 Å². The quantitative estimate of drug-likeness (QED) is 0.567. The maximum absolute atomic E-state index is 10.3. The van der Waals surface area contributed by atoms with Gasteiger partial charge in [-0.15, -0.1) is 9.05 Å². The van der Waals surface area contributed by atoms with Gasteiger partial charge in [0.2, 0.25) is 0 Å². The largest absolute Gasteiger partial charge is 0.697 e. The second-order valence-electron chi connectivity index (χ2n) is 1.55. The normalized spacial score (nSPS) is 8.67. The maximum atomic E-state index is 10.3. The van der Waals surface area contributed by atoms with Crippen LogP contribution in [0.15, 0.2) is 0 Å². The van der Waals surface area contributed by atoms with Gasteiger partial charge in [-0.3, -0.25) is 0 Å². The van der Waals surface area contributed by atoms with Crippen molar-refractivity contribution in [3.8, 4) is 0 Å². The third kappa shape index (κ3) is 16.7. The number of hydrogen-bond acceptors (Lipinski definition) is 4. The molecule has 0 amide bonds. The summed E-state index contributed by atoms with van der Waals surface area (Å²) in [7, 11) is -1.83. The Kier molecular flexibility index (Phi) is 17.0. The van der Waals surface area contributed by atoms with Gasteiger partial charge in [-0.25, -0.2) is 4.84 Å². The van der Waals surface area contributed by atoms with Crippen molar-refractivity contribution in [1.82, 2.24) is 4.84 Å². The molecule has 0 aliphatic heterocycles. The summed E-state index contributed by atoms with van der Waals surface area (Å²) in [6.45, 7) is 7.19. The topological polar surface area (TPSA) is 47.6 Å². The van der Waals surface area contributed by atoms with Crippen LogP contribution in [0.3, 0.4) is 0 Å². The summed E-state index contributed by atoms with van der Waals surface area (Å²) >= 11 is 4.94. The van der Waals surface area contributed by atoms with Crippen LogP contribution in [0.1, 0.15) is 20.8 Å². The van der Waals surface area contributed by atoms with Crippen molar-refractivity contribution in [1.29, 1.82) is 0 Å². The van der Waals surface area contributed by atoms with Gasteiger partial charge >= 0.3 is 8.25 Å². The Hall–Kier alpha value is 0.270. The molecule has 0 aromatic rings. The summed E-state index contributed by atoms with van der Waals surface area (Å²) in [5.41, 5.74) is 0. The minimum Gasteiger partial charge on any atom is -0.234 e. The molecule has 0 rings (SSSR count). The molecule has 0 aromatic heterocycles. The molecule has 0 aliphatic carbocycles. The number of rotatable bonds is 5. The van der Waals surface area contributed by atoms with Gasteiger partial charge in [-0.1, -0.05) is 6.92 Å². The van der Waals surface area contributed by atoms with E-state index in [1.165, 1.54) is 0 Å². The maximum Gasteiger partial charge on any atom is 0.697 e. The Morgan fingerprint density at radius 3 is 1.75 bits per heavy atom. The summed E-state index contributed by atoms with van der Waals surface area (Å²) < 4.78 is 19.5. The Morgan fingerprint density at radius 1 is 1.25 bits per heavy atom. The van der Waals surface area contributed by atoms with E-state index in [4.69, 9.17) is 11.8 Å². The molecular formula is C6H16ClNO3P+. The van der Waals surface area contributed by atoms with E-state index in [1.807, 2.05) is 6.92 Å². The van der Waals surface area contributed by atoms with Crippen molar-refractivity contribution in [3.63, 3.8) is 0 Å². The highest BCUT2D eigenvalue weighted by molar-refractivity contribution is 7.33. The highest BCUT2D eigenvalue weighted by Gasteiger charge is 2.15. The average Bonchev–Trinajstić information content (AvgIpc) is 2.06. The van der Waals surface area contributed by atoms with Crippen LogP contribution in [0.2, 0.25) is 0 Å². The molecule has 0 saturated carbocycles.